The number of nitrogens with zero attached hydrogens (tertiary/aromatic N) is 2. The number of rotatable bonds is 5. The zero-order valence-electron chi connectivity index (χ0n) is 8.79. The summed E-state index contributed by atoms with van der Waals surface area (Å²) in [6.45, 7) is 4.16. The van der Waals surface area contributed by atoms with E-state index >= 15 is 0 Å². The molecule has 1 N–H and O–H groups in total. The molecule has 78 valence electrons. The fourth-order valence-electron chi connectivity index (χ4n) is 1.56. The molecule has 1 aliphatic rings. The molecule has 0 bridgehead atoms. The van der Waals surface area contributed by atoms with Gasteiger partial charge in [0, 0.05) is 30.2 Å². The lowest BCUT2D eigenvalue weighted by Gasteiger charge is -2.14. The summed E-state index contributed by atoms with van der Waals surface area (Å²) in [5.74, 6) is 1.01. The van der Waals surface area contributed by atoms with Crippen LogP contribution in [0, 0.1) is 0 Å². The Morgan fingerprint density at radius 3 is 3.00 bits per heavy atom. The van der Waals surface area contributed by atoms with E-state index in [0.29, 0.717) is 4.75 Å². The maximum Gasteiger partial charge on any atom is 0.202 e. The van der Waals surface area contributed by atoms with Crippen LogP contribution in [0.3, 0.4) is 0 Å². The van der Waals surface area contributed by atoms with Gasteiger partial charge in [-0.2, -0.15) is 11.8 Å². The summed E-state index contributed by atoms with van der Waals surface area (Å²) in [7, 11) is 0. The van der Waals surface area contributed by atoms with E-state index in [1.165, 1.54) is 12.8 Å². The topological polar surface area (TPSA) is 29.9 Å². The van der Waals surface area contributed by atoms with Crippen molar-refractivity contribution in [2.24, 2.45) is 0 Å². The molecule has 2 rings (SSSR count). The zero-order chi connectivity index (χ0) is 10.0. The summed E-state index contributed by atoms with van der Waals surface area (Å²) in [6.07, 6.45) is 8.74. The molecule has 1 aliphatic carbocycles. The predicted molar refractivity (Wildman–Crippen MR) is 61.9 cm³/mol. The first-order chi connectivity index (χ1) is 6.79. The van der Waals surface area contributed by atoms with Gasteiger partial charge in [0.05, 0.1) is 0 Å². The Hall–Kier alpha value is -0.640. The molecule has 0 spiro atoms. The van der Waals surface area contributed by atoms with E-state index in [-0.39, 0.29) is 0 Å². The van der Waals surface area contributed by atoms with E-state index in [0.717, 1.165) is 19.0 Å². The average molecular weight is 211 g/mol. The van der Waals surface area contributed by atoms with E-state index < -0.39 is 0 Å². The lowest BCUT2D eigenvalue weighted by atomic mass is 10.4. The molecule has 0 aromatic carbocycles. The van der Waals surface area contributed by atoms with Gasteiger partial charge in [0.1, 0.15) is 0 Å². The number of imidazole rings is 1. The number of anilines is 1. The molecule has 1 aromatic rings. The Bertz CT molecular complexity index is 304. The average Bonchev–Trinajstić information content (AvgIpc) is 2.86. The van der Waals surface area contributed by atoms with Crippen molar-refractivity contribution < 1.29 is 0 Å². The third-order valence-corrected chi connectivity index (χ3v) is 4.28. The molecule has 1 saturated carbocycles. The summed E-state index contributed by atoms with van der Waals surface area (Å²) in [6, 6.07) is 0. The highest BCUT2D eigenvalue weighted by Crippen LogP contribution is 2.46. The molecule has 14 heavy (non-hydrogen) atoms. The Morgan fingerprint density at radius 1 is 1.64 bits per heavy atom. The number of thioether (sulfide) groups is 1. The monoisotopic (exact) mass is 211 g/mol. The normalized spacial score (nSPS) is 18.1. The number of aryl methyl sites for hydroxylation is 1. The molecule has 3 nitrogen and oxygen atoms in total. The maximum atomic E-state index is 4.29. The molecule has 1 fully saturated rings. The summed E-state index contributed by atoms with van der Waals surface area (Å²) >= 11 is 1.97. The van der Waals surface area contributed by atoms with Crippen LogP contribution < -0.4 is 5.32 Å². The SMILES string of the molecule is CCn1ccnc1NCC1(SC)CC1. The van der Waals surface area contributed by atoms with Gasteiger partial charge in [0.15, 0.2) is 0 Å². The maximum absolute atomic E-state index is 4.29. The third-order valence-electron chi connectivity index (χ3n) is 2.87. The number of aromatic nitrogens is 2. The Balaban J connectivity index is 1.91. The van der Waals surface area contributed by atoms with Gasteiger partial charge in [-0.1, -0.05) is 0 Å². The largest absolute Gasteiger partial charge is 0.354 e. The molecule has 0 saturated heterocycles. The van der Waals surface area contributed by atoms with Gasteiger partial charge in [-0.25, -0.2) is 4.98 Å². The molecular formula is C10H17N3S. The van der Waals surface area contributed by atoms with Crippen LogP contribution in [0.1, 0.15) is 19.8 Å². The van der Waals surface area contributed by atoms with Crippen molar-refractivity contribution in [1.29, 1.82) is 0 Å². The molecule has 0 atom stereocenters. The van der Waals surface area contributed by atoms with Crippen LogP contribution in [-0.4, -0.2) is 27.1 Å². The fourth-order valence-corrected chi connectivity index (χ4v) is 2.29. The Kier molecular flexibility index (Phi) is 2.72. The van der Waals surface area contributed by atoms with E-state index in [1.807, 2.05) is 24.2 Å². The second-order valence-electron chi connectivity index (χ2n) is 3.78. The van der Waals surface area contributed by atoms with Crippen LogP contribution in [0.5, 0.6) is 0 Å². The van der Waals surface area contributed by atoms with E-state index in [9.17, 15) is 0 Å². The molecule has 1 heterocycles. The molecule has 0 amide bonds. The number of nitrogens with one attached hydrogen (secondary N) is 1. The number of hydrogen-bond acceptors (Lipinski definition) is 3. The van der Waals surface area contributed by atoms with Crippen molar-refractivity contribution in [1.82, 2.24) is 9.55 Å². The molecule has 0 aliphatic heterocycles. The molecular weight excluding hydrogens is 194 g/mol. The lowest BCUT2D eigenvalue weighted by molar-refractivity contribution is 0.759. The smallest absolute Gasteiger partial charge is 0.202 e. The minimum absolute atomic E-state index is 0.504. The first-order valence-corrected chi connectivity index (χ1v) is 6.32. The molecule has 0 unspecified atom stereocenters. The summed E-state index contributed by atoms with van der Waals surface area (Å²) < 4.78 is 2.64. The van der Waals surface area contributed by atoms with Crippen LogP contribution in [-0.2, 0) is 6.54 Å². The van der Waals surface area contributed by atoms with Gasteiger partial charge in [-0.15, -0.1) is 0 Å². The first kappa shape index (κ1) is 9.90. The first-order valence-electron chi connectivity index (χ1n) is 5.10. The van der Waals surface area contributed by atoms with Crippen LogP contribution >= 0.6 is 11.8 Å². The van der Waals surface area contributed by atoms with Gasteiger partial charge >= 0.3 is 0 Å². The minimum atomic E-state index is 0.504. The Morgan fingerprint density at radius 2 is 2.43 bits per heavy atom. The summed E-state index contributed by atoms with van der Waals surface area (Å²) in [4.78, 5) is 4.29. The van der Waals surface area contributed by atoms with Crippen molar-refractivity contribution in [3.05, 3.63) is 12.4 Å². The predicted octanol–water partition coefficient (Wildman–Crippen LogP) is 2.21. The standard InChI is InChI=1S/C10H17N3S/c1-3-13-7-6-11-9(13)12-8-10(14-2)4-5-10/h6-7H,3-5,8H2,1-2H3,(H,11,12). The van der Waals surface area contributed by atoms with Crippen molar-refractivity contribution >= 4 is 17.7 Å². The van der Waals surface area contributed by atoms with Gasteiger partial charge in [0.25, 0.3) is 0 Å². The van der Waals surface area contributed by atoms with Crippen LogP contribution in [0.25, 0.3) is 0 Å². The summed E-state index contributed by atoms with van der Waals surface area (Å²) in [5.41, 5.74) is 0. The van der Waals surface area contributed by atoms with Crippen molar-refractivity contribution in [3.63, 3.8) is 0 Å². The van der Waals surface area contributed by atoms with Crippen LogP contribution in [0.2, 0.25) is 0 Å². The second-order valence-corrected chi connectivity index (χ2v) is 5.05. The van der Waals surface area contributed by atoms with Crippen molar-refractivity contribution in [2.75, 3.05) is 18.1 Å². The van der Waals surface area contributed by atoms with E-state index in [1.54, 1.807) is 0 Å². The van der Waals surface area contributed by atoms with E-state index in [2.05, 4.69) is 28.0 Å². The van der Waals surface area contributed by atoms with Crippen molar-refractivity contribution in [2.45, 2.75) is 31.1 Å². The van der Waals surface area contributed by atoms with Gasteiger partial charge < -0.3 is 9.88 Å². The second kappa shape index (κ2) is 3.85. The minimum Gasteiger partial charge on any atom is -0.354 e. The van der Waals surface area contributed by atoms with Crippen LogP contribution in [0.15, 0.2) is 12.4 Å². The lowest BCUT2D eigenvalue weighted by Crippen LogP contribution is -2.19. The quantitative estimate of drug-likeness (QED) is 0.810. The third kappa shape index (κ3) is 1.90. The van der Waals surface area contributed by atoms with Gasteiger partial charge in [-0.05, 0) is 26.0 Å². The van der Waals surface area contributed by atoms with Gasteiger partial charge in [0.2, 0.25) is 5.95 Å². The fraction of sp³-hybridized carbons (Fsp3) is 0.700. The van der Waals surface area contributed by atoms with E-state index in [4.69, 9.17) is 0 Å². The van der Waals surface area contributed by atoms with Gasteiger partial charge in [-0.3, -0.25) is 0 Å². The molecule has 0 radical (unpaired) electrons. The van der Waals surface area contributed by atoms with Crippen LogP contribution in [0.4, 0.5) is 5.95 Å². The highest BCUT2D eigenvalue weighted by molar-refractivity contribution is 8.00. The molecule has 1 aromatic heterocycles. The number of hydrogen-bond donors (Lipinski definition) is 1. The highest BCUT2D eigenvalue weighted by Gasteiger charge is 2.41. The summed E-state index contributed by atoms with van der Waals surface area (Å²) in [5, 5.41) is 3.43. The van der Waals surface area contributed by atoms with Crippen molar-refractivity contribution in [3.8, 4) is 0 Å². The molecule has 4 heteroatoms. The zero-order valence-corrected chi connectivity index (χ0v) is 9.60. The Labute approximate surface area is 89.3 Å². The highest BCUT2D eigenvalue weighted by atomic mass is 32.2.